The lowest BCUT2D eigenvalue weighted by Gasteiger charge is -2.10. The number of carbonyl (C=O) groups is 1. The van der Waals surface area contributed by atoms with Crippen molar-refractivity contribution in [1.82, 2.24) is 5.32 Å². The van der Waals surface area contributed by atoms with Crippen molar-refractivity contribution in [2.75, 3.05) is 19.8 Å². The minimum Gasteiger partial charge on any atom is -0.492 e. The zero-order valence-corrected chi connectivity index (χ0v) is 15.1. The molecular formula is C18H19Cl2NO3. The van der Waals surface area contributed by atoms with Crippen molar-refractivity contribution in [1.29, 1.82) is 0 Å². The van der Waals surface area contributed by atoms with Crippen molar-refractivity contribution in [2.45, 2.75) is 13.8 Å². The first kappa shape index (κ1) is 18.4. The number of aryl methyl sites for hydroxylation is 2. The lowest BCUT2D eigenvalue weighted by Crippen LogP contribution is -2.32. The largest absolute Gasteiger partial charge is 0.492 e. The number of nitrogens with one attached hydrogen (secondary N) is 1. The molecule has 0 bridgehead atoms. The summed E-state index contributed by atoms with van der Waals surface area (Å²) < 4.78 is 11.0. The standard InChI is InChI=1S/C18H19Cl2NO3/c1-12-7-13(2)9-15(8-12)23-6-5-21-18(22)11-24-17-4-3-14(19)10-16(17)20/h3-4,7-10H,5-6,11H2,1-2H3,(H,21,22). The van der Waals surface area contributed by atoms with Crippen LogP contribution in [0.3, 0.4) is 0 Å². The van der Waals surface area contributed by atoms with Gasteiger partial charge in [0.2, 0.25) is 0 Å². The molecule has 0 spiro atoms. The summed E-state index contributed by atoms with van der Waals surface area (Å²) in [5.74, 6) is 0.971. The van der Waals surface area contributed by atoms with Gasteiger partial charge in [0.05, 0.1) is 11.6 Å². The van der Waals surface area contributed by atoms with E-state index in [0.29, 0.717) is 28.9 Å². The molecule has 0 radical (unpaired) electrons. The number of rotatable bonds is 7. The van der Waals surface area contributed by atoms with Crippen molar-refractivity contribution in [2.24, 2.45) is 0 Å². The molecule has 0 heterocycles. The van der Waals surface area contributed by atoms with Crippen LogP contribution in [0.5, 0.6) is 11.5 Å². The number of ether oxygens (including phenoxy) is 2. The van der Waals surface area contributed by atoms with Crippen LogP contribution in [-0.4, -0.2) is 25.7 Å². The smallest absolute Gasteiger partial charge is 0.258 e. The van der Waals surface area contributed by atoms with Crippen molar-refractivity contribution in [3.05, 3.63) is 57.6 Å². The molecule has 6 heteroatoms. The molecule has 0 saturated heterocycles. The summed E-state index contributed by atoms with van der Waals surface area (Å²) in [6, 6.07) is 10.8. The van der Waals surface area contributed by atoms with Gasteiger partial charge in [0.25, 0.3) is 5.91 Å². The Labute approximate surface area is 151 Å². The molecular weight excluding hydrogens is 349 g/mol. The third-order valence-electron chi connectivity index (χ3n) is 3.14. The molecule has 0 unspecified atom stereocenters. The average Bonchev–Trinajstić information content (AvgIpc) is 2.50. The summed E-state index contributed by atoms with van der Waals surface area (Å²) in [5.41, 5.74) is 2.28. The van der Waals surface area contributed by atoms with Crippen molar-refractivity contribution < 1.29 is 14.3 Å². The maximum Gasteiger partial charge on any atom is 0.258 e. The first-order valence-corrected chi connectivity index (χ1v) is 8.25. The van der Waals surface area contributed by atoms with Crippen LogP contribution in [0.25, 0.3) is 0 Å². The summed E-state index contributed by atoms with van der Waals surface area (Å²) in [7, 11) is 0. The predicted octanol–water partition coefficient (Wildman–Crippen LogP) is 4.18. The first-order valence-electron chi connectivity index (χ1n) is 7.49. The number of halogens is 2. The van der Waals surface area contributed by atoms with E-state index in [1.807, 2.05) is 26.0 Å². The second-order valence-corrected chi connectivity index (χ2v) is 6.23. The lowest BCUT2D eigenvalue weighted by molar-refractivity contribution is -0.123. The van der Waals surface area contributed by atoms with Crippen LogP contribution in [-0.2, 0) is 4.79 Å². The fourth-order valence-electron chi connectivity index (χ4n) is 2.16. The van der Waals surface area contributed by atoms with Gasteiger partial charge in [-0.15, -0.1) is 0 Å². The molecule has 0 saturated carbocycles. The summed E-state index contributed by atoms with van der Waals surface area (Å²) in [5, 5.41) is 3.61. The van der Waals surface area contributed by atoms with E-state index in [1.54, 1.807) is 18.2 Å². The number of benzene rings is 2. The highest BCUT2D eigenvalue weighted by atomic mass is 35.5. The van der Waals surface area contributed by atoms with E-state index in [4.69, 9.17) is 32.7 Å². The highest BCUT2D eigenvalue weighted by Crippen LogP contribution is 2.27. The fourth-order valence-corrected chi connectivity index (χ4v) is 2.63. The fraction of sp³-hybridized carbons (Fsp3) is 0.278. The Bertz CT molecular complexity index is 699. The van der Waals surface area contributed by atoms with Crippen LogP contribution < -0.4 is 14.8 Å². The molecule has 128 valence electrons. The van der Waals surface area contributed by atoms with Crippen LogP contribution in [0.4, 0.5) is 0 Å². The Hall–Kier alpha value is -1.91. The Morgan fingerprint density at radius 2 is 1.75 bits per heavy atom. The number of amides is 1. The van der Waals surface area contributed by atoms with Gasteiger partial charge >= 0.3 is 0 Å². The predicted molar refractivity (Wildman–Crippen MR) is 96.4 cm³/mol. The van der Waals surface area contributed by atoms with E-state index in [0.717, 1.165) is 16.9 Å². The van der Waals surface area contributed by atoms with Gasteiger partial charge in [-0.1, -0.05) is 29.3 Å². The summed E-state index contributed by atoms with van der Waals surface area (Å²) in [6.45, 7) is 4.69. The van der Waals surface area contributed by atoms with Crippen LogP contribution in [0, 0.1) is 13.8 Å². The lowest BCUT2D eigenvalue weighted by atomic mass is 10.1. The third-order valence-corrected chi connectivity index (χ3v) is 3.67. The zero-order valence-electron chi connectivity index (χ0n) is 13.6. The van der Waals surface area contributed by atoms with Gasteiger partial charge in [0, 0.05) is 5.02 Å². The minimum atomic E-state index is -0.245. The molecule has 1 N–H and O–H groups in total. The Kier molecular flexibility index (Phi) is 6.76. The molecule has 1 amide bonds. The molecule has 4 nitrogen and oxygen atoms in total. The molecule has 0 aliphatic rings. The van der Waals surface area contributed by atoms with E-state index in [-0.39, 0.29) is 12.5 Å². The Morgan fingerprint density at radius 1 is 1.04 bits per heavy atom. The topological polar surface area (TPSA) is 47.6 Å². The van der Waals surface area contributed by atoms with E-state index >= 15 is 0 Å². The molecule has 0 aromatic heterocycles. The average molecular weight is 368 g/mol. The third kappa shape index (κ3) is 5.95. The summed E-state index contributed by atoms with van der Waals surface area (Å²) >= 11 is 11.8. The Morgan fingerprint density at radius 3 is 2.42 bits per heavy atom. The quantitative estimate of drug-likeness (QED) is 0.746. The minimum absolute atomic E-state index is 0.120. The SMILES string of the molecule is Cc1cc(C)cc(OCCNC(=O)COc2ccc(Cl)cc2Cl)c1. The van der Waals surface area contributed by atoms with Crippen LogP contribution >= 0.6 is 23.2 Å². The second-order valence-electron chi connectivity index (χ2n) is 5.39. The van der Waals surface area contributed by atoms with Crippen LogP contribution in [0.2, 0.25) is 10.0 Å². The molecule has 0 fully saturated rings. The first-order chi connectivity index (χ1) is 11.4. The van der Waals surface area contributed by atoms with Crippen molar-refractivity contribution in [3.8, 4) is 11.5 Å². The number of carbonyl (C=O) groups excluding carboxylic acids is 1. The molecule has 0 aliphatic heterocycles. The molecule has 2 aromatic rings. The monoisotopic (exact) mass is 367 g/mol. The van der Waals surface area contributed by atoms with Crippen LogP contribution in [0.1, 0.15) is 11.1 Å². The molecule has 2 aromatic carbocycles. The van der Waals surface area contributed by atoms with E-state index in [2.05, 4.69) is 11.4 Å². The second kappa shape index (κ2) is 8.81. The van der Waals surface area contributed by atoms with Crippen LogP contribution in [0.15, 0.2) is 36.4 Å². The van der Waals surface area contributed by atoms with Crippen molar-refractivity contribution >= 4 is 29.1 Å². The van der Waals surface area contributed by atoms with E-state index < -0.39 is 0 Å². The van der Waals surface area contributed by atoms with Gasteiger partial charge < -0.3 is 14.8 Å². The maximum atomic E-state index is 11.8. The molecule has 0 atom stereocenters. The summed E-state index contributed by atoms with van der Waals surface area (Å²) in [4.78, 5) is 11.8. The highest BCUT2D eigenvalue weighted by Gasteiger charge is 2.06. The van der Waals surface area contributed by atoms with Gasteiger partial charge in [-0.05, 0) is 55.3 Å². The number of hydrogen-bond donors (Lipinski definition) is 1. The zero-order chi connectivity index (χ0) is 17.5. The van der Waals surface area contributed by atoms with Gasteiger partial charge in [-0.25, -0.2) is 0 Å². The molecule has 2 rings (SSSR count). The molecule has 24 heavy (non-hydrogen) atoms. The van der Waals surface area contributed by atoms with Gasteiger partial charge in [-0.3, -0.25) is 4.79 Å². The van der Waals surface area contributed by atoms with Gasteiger partial charge in [-0.2, -0.15) is 0 Å². The molecule has 0 aliphatic carbocycles. The van der Waals surface area contributed by atoms with E-state index in [9.17, 15) is 4.79 Å². The number of hydrogen-bond acceptors (Lipinski definition) is 3. The maximum absolute atomic E-state index is 11.8. The highest BCUT2D eigenvalue weighted by molar-refractivity contribution is 6.35. The van der Waals surface area contributed by atoms with E-state index in [1.165, 1.54) is 0 Å². The van der Waals surface area contributed by atoms with Gasteiger partial charge in [0.1, 0.15) is 18.1 Å². The Balaban J connectivity index is 1.69. The normalized spacial score (nSPS) is 10.3. The van der Waals surface area contributed by atoms with Gasteiger partial charge in [0.15, 0.2) is 6.61 Å². The van der Waals surface area contributed by atoms with Crippen molar-refractivity contribution in [3.63, 3.8) is 0 Å². The summed E-state index contributed by atoms with van der Waals surface area (Å²) in [6.07, 6.45) is 0.